The zero-order chi connectivity index (χ0) is 10.1. The summed E-state index contributed by atoms with van der Waals surface area (Å²) in [6.07, 6.45) is 0. The van der Waals surface area contributed by atoms with Crippen molar-refractivity contribution >= 4 is 5.88 Å². The minimum atomic E-state index is -0.222. The fourth-order valence-electron chi connectivity index (χ4n) is 0.815. The van der Waals surface area contributed by atoms with Crippen molar-refractivity contribution in [1.82, 2.24) is 4.98 Å². The molecule has 0 atom stereocenters. The topological polar surface area (TPSA) is 87.9 Å². The molecule has 0 aliphatic rings. The predicted molar refractivity (Wildman–Crippen MR) is 47.7 cm³/mol. The fourth-order valence-corrected chi connectivity index (χ4v) is 0.815. The summed E-state index contributed by atoms with van der Waals surface area (Å²) in [7, 11) is 0. The second-order valence-electron chi connectivity index (χ2n) is 3.70. The molecule has 0 spiro atoms. The number of oxazole rings is 1. The highest BCUT2D eigenvalue weighted by Gasteiger charge is 2.23. The lowest BCUT2D eigenvalue weighted by atomic mass is 9.97. The number of hydrogen-bond donors (Lipinski definition) is 2. The third kappa shape index (κ3) is 1.79. The number of nitrogens with two attached hydrogens (primary N) is 1. The highest BCUT2D eigenvalue weighted by Crippen LogP contribution is 2.25. The van der Waals surface area contributed by atoms with E-state index in [0.717, 1.165) is 0 Å². The largest absolute Gasteiger partial charge is 0.422 e. The van der Waals surface area contributed by atoms with E-state index in [1.165, 1.54) is 0 Å². The second kappa shape index (κ2) is 3.07. The molecule has 3 N–H and O–H groups in total. The molecule has 70 valence electrons. The average molecular weight is 180 g/mol. The molecule has 0 aliphatic carbocycles. The molecule has 13 heavy (non-hydrogen) atoms. The number of anilines is 1. The summed E-state index contributed by atoms with van der Waals surface area (Å²) in [5.41, 5.74) is 2.25. The Kier molecular flexibility index (Phi) is 2.26. The third-order valence-electron chi connectivity index (χ3n) is 1.51. The van der Waals surface area contributed by atoms with Crippen LogP contribution < -0.4 is 11.3 Å². The van der Waals surface area contributed by atoms with E-state index in [0.29, 0.717) is 5.89 Å². The van der Waals surface area contributed by atoms with Crippen LogP contribution in [0.3, 0.4) is 0 Å². The van der Waals surface area contributed by atoms with Crippen molar-refractivity contribution in [2.45, 2.75) is 26.2 Å². The summed E-state index contributed by atoms with van der Waals surface area (Å²) in [6.45, 7) is 5.83. The number of rotatable bonds is 1. The van der Waals surface area contributed by atoms with Crippen molar-refractivity contribution in [2.24, 2.45) is 5.84 Å². The molecular formula is C8H12N4O. The maximum atomic E-state index is 8.66. The summed E-state index contributed by atoms with van der Waals surface area (Å²) >= 11 is 0. The van der Waals surface area contributed by atoms with Crippen LogP contribution in [-0.4, -0.2) is 4.98 Å². The zero-order valence-electron chi connectivity index (χ0n) is 7.88. The number of nitrogens with zero attached hydrogens (tertiary/aromatic N) is 2. The van der Waals surface area contributed by atoms with Gasteiger partial charge in [0.05, 0.1) is 0 Å². The summed E-state index contributed by atoms with van der Waals surface area (Å²) < 4.78 is 5.25. The predicted octanol–water partition coefficient (Wildman–Crippen LogP) is 1.13. The van der Waals surface area contributed by atoms with Gasteiger partial charge in [0.25, 0.3) is 0 Å². The fraction of sp³-hybridized carbons (Fsp3) is 0.500. The van der Waals surface area contributed by atoms with Crippen LogP contribution in [0.25, 0.3) is 0 Å². The first-order chi connectivity index (χ1) is 5.99. The van der Waals surface area contributed by atoms with Gasteiger partial charge in [0.15, 0.2) is 0 Å². The Morgan fingerprint density at radius 2 is 2.15 bits per heavy atom. The Morgan fingerprint density at radius 3 is 2.46 bits per heavy atom. The Labute approximate surface area is 76.5 Å². The van der Waals surface area contributed by atoms with Gasteiger partial charge in [-0.05, 0) is 0 Å². The van der Waals surface area contributed by atoms with Crippen LogP contribution in [0.4, 0.5) is 5.88 Å². The highest BCUT2D eigenvalue weighted by molar-refractivity contribution is 5.44. The minimum Gasteiger partial charge on any atom is -0.422 e. The molecule has 0 radical (unpaired) electrons. The molecule has 0 bridgehead atoms. The maximum Gasteiger partial charge on any atom is 0.246 e. The standard InChI is InChI=1S/C8H12N4O/c1-8(2,3)7-11-5(4-9)6(12-10)13-7/h12H,10H2,1-3H3. The first kappa shape index (κ1) is 9.55. The first-order valence-electron chi connectivity index (χ1n) is 3.87. The van der Waals surface area contributed by atoms with Crippen molar-refractivity contribution < 1.29 is 4.42 Å². The summed E-state index contributed by atoms with van der Waals surface area (Å²) in [5.74, 6) is 5.86. The lowest BCUT2D eigenvalue weighted by molar-refractivity contribution is 0.399. The Hall–Kier alpha value is -1.54. The van der Waals surface area contributed by atoms with Gasteiger partial charge in [-0.15, -0.1) is 0 Å². The van der Waals surface area contributed by atoms with Crippen LogP contribution in [0.1, 0.15) is 32.4 Å². The van der Waals surface area contributed by atoms with Gasteiger partial charge in [-0.3, -0.25) is 5.43 Å². The molecule has 0 aromatic carbocycles. The quantitative estimate of drug-likeness (QED) is 0.499. The van der Waals surface area contributed by atoms with Gasteiger partial charge in [-0.25, -0.2) is 5.84 Å². The Bertz CT molecular complexity index is 342. The van der Waals surface area contributed by atoms with Crippen LogP contribution in [0.5, 0.6) is 0 Å². The van der Waals surface area contributed by atoms with Gasteiger partial charge in [0, 0.05) is 5.41 Å². The summed E-state index contributed by atoms with van der Waals surface area (Å²) in [6, 6.07) is 1.89. The molecule has 1 aromatic rings. The molecule has 0 saturated heterocycles. The number of aromatic nitrogens is 1. The number of nitrogen functional groups attached to an aromatic ring is 1. The molecule has 0 saturated carbocycles. The molecule has 0 fully saturated rings. The molecule has 0 unspecified atom stereocenters. The van der Waals surface area contributed by atoms with E-state index in [9.17, 15) is 0 Å². The lowest BCUT2D eigenvalue weighted by Crippen LogP contribution is -2.11. The molecule has 1 aromatic heterocycles. The lowest BCUT2D eigenvalue weighted by Gasteiger charge is -2.11. The molecule has 5 heteroatoms. The summed E-state index contributed by atoms with van der Waals surface area (Å²) in [4.78, 5) is 4.00. The van der Waals surface area contributed by atoms with Gasteiger partial charge in [0.1, 0.15) is 6.07 Å². The Balaban J connectivity index is 3.16. The first-order valence-corrected chi connectivity index (χ1v) is 3.87. The van der Waals surface area contributed by atoms with Gasteiger partial charge >= 0.3 is 0 Å². The van der Waals surface area contributed by atoms with E-state index >= 15 is 0 Å². The number of hydrogen-bond acceptors (Lipinski definition) is 5. The van der Waals surface area contributed by atoms with E-state index < -0.39 is 0 Å². The average Bonchev–Trinajstić information content (AvgIpc) is 2.45. The molecule has 1 heterocycles. The monoisotopic (exact) mass is 180 g/mol. The number of nitriles is 1. The number of hydrazine groups is 1. The van der Waals surface area contributed by atoms with E-state index in [-0.39, 0.29) is 17.0 Å². The molecule has 0 amide bonds. The van der Waals surface area contributed by atoms with Gasteiger partial charge in [-0.1, -0.05) is 20.8 Å². The van der Waals surface area contributed by atoms with E-state index in [1.807, 2.05) is 26.8 Å². The van der Waals surface area contributed by atoms with Crippen LogP contribution >= 0.6 is 0 Å². The minimum absolute atomic E-state index is 0.187. The van der Waals surface area contributed by atoms with Crippen molar-refractivity contribution in [3.63, 3.8) is 0 Å². The number of nitrogens with one attached hydrogen (secondary N) is 1. The van der Waals surface area contributed by atoms with Crippen LogP contribution in [0.2, 0.25) is 0 Å². The Morgan fingerprint density at radius 1 is 1.54 bits per heavy atom. The maximum absolute atomic E-state index is 8.66. The van der Waals surface area contributed by atoms with Gasteiger partial charge in [0.2, 0.25) is 17.5 Å². The van der Waals surface area contributed by atoms with Crippen molar-refractivity contribution in [1.29, 1.82) is 5.26 Å². The van der Waals surface area contributed by atoms with E-state index in [2.05, 4.69) is 10.4 Å². The molecule has 0 aliphatic heterocycles. The molecule has 1 rings (SSSR count). The molecule has 5 nitrogen and oxygen atoms in total. The van der Waals surface area contributed by atoms with Crippen molar-refractivity contribution in [3.8, 4) is 6.07 Å². The van der Waals surface area contributed by atoms with Crippen LogP contribution in [0.15, 0.2) is 4.42 Å². The second-order valence-corrected chi connectivity index (χ2v) is 3.70. The van der Waals surface area contributed by atoms with Crippen LogP contribution in [-0.2, 0) is 5.41 Å². The van der Waals surface area contributed by atoms with Crippen LogP contribution in [0, 0.1) is 11.3 Å². The normalized spacial score (nSPS) is 11.0. The summed E-state index contributed by atoms with van der Waals surface area (Å²) in [5, 5.41) is 8.66. The SMILES string of the molecule is CC(C)(C)c1nc(C#N)c(NN)o1. The molecular weight excluding hydrogens is 168 g/mol. The van der Waals surface area contributed by atoms with Crippen molar-refractivity contribution in [3.05, 3.63) is 11.6 Å². The van der Waals surface area contributed by atoms with Gasteiger partial charge < -0.3 is 4.42 Å². The van der Waals surface area contributed by atoms with Crippen molar-refractivity contribution in [2.75, 3.05) is 5.43 Å². The smallest absolute Gasteiger partial charge is 0.246 e. The van der Waals surface area contributed by atoms with E-state index in [1.54, 1.807) is 0 Å². The van der Waals surface area contributed by atoms with E-state index in [4.69, 9.17) is 15.5 Å². The zero-order valence-corrected chi connectivity index (χ0v) is 7.88. The third-order valence-corrected chi connectivity index (χ3v) is 1.51. The highest BCUT2D eigenvalue weighted by atomic mass is 16.4. The van der Waals surface area contributed by atoms with Gasteiger partial charge in [-0.2, -0.15) is 10.2 Å².